The van der Waals surface area contributed by atoms with Gasteiger partial charge in [0, 0.05) is 0 Å². The van der Waals surface area contributed by atoms with Gasteiger partial charge in [0.25, 0.3) is 0 Å². The molecule has 22 valence electrons. The number of rotatable bonds is 0. The molecule has 0 fully saturated rings. The molecule has 2 N–H and O–H groups in total. The van der Waals surface area contributed by atoms with Crippen LogP contribution in [0, 0.1) is 0 Å². The van der Waals surface area contributed by atoms with Crippen molar-refractivity contribution >= 4 is 37.7 Å². The Labute approximate surface area is 58.8 Å². The van der Waals surface area contributed by atoms with Crippen molar-refractivity contribution in [1.82, 2.24) is 0 Å². The maximum Gasteiger partial charge on any atom is 2.00 e. The van der Waals surface area contributed by atoms with Gasteiger partial charge in [-0.3, -0.25) is 0 Å². The third-order valence-electron chi connectivity index (χ3n) is 0. The zero-order valence-corrected chi connectivity index (χ0v) is 4.78. The molecule has 0 rings (SSSR count). The summed E-state index contributed by atoms with van der Waals surface area (Å²) >= 11 is 0. The Kier molecular flexibility index (Phi) is 20.3. The zero-order chi connectivity index (χ0) is 2.71. The van der Waals surface area contributed by atoms with Gasteiger partial charge in [0.15, 0.2) is 0 Å². The molecule has 0 saturated heterocycles. The van der Waals surface area contributed by atoms with Gasteiger partial charge in [-0.1, -0.05) is 6.58 Å². The van der Waals surface area contributed by atoms with Crippen LogP contribution in [0.1, 0.15) is 2.85 Å². The maximum absolute atomic E-state index is 4.61. The fourth-order valence-electron chi connectivity index (χ4n) is 0. The fourth-order valence-corrected chi connectivity index (χ4v) is 0. The quantitative estimate of drug-likeness (QED) is 0.409. The molecule has 0 heterocycles. The van der Waals surface area contributed by atoms with Gasteiger partial charge in [-0.05, 0) is 6.20 Å². The maximum atomic E-state index is 4.61. The molecule has 4 heavy (non-hydrogen) atoms. The van der Waals surface area contributed by atoms with Crippen LogP contribution in [0.5, 0.6) is 0 Å². The molecule has 0 amide bonds. The van der Waals surface area contributed by atoms with Crippen LogP contribution >= 0.6 is 0 Å². The topological polar surface area (TPSA) is 26.0 Å². The molecule has 0 aromatic heterocycles. The Hall–Kier alpha value is 0.800. The summed E-state index contributed by atoms with van der Waals surface area (Å²) in [5, 5.41) is 0. The van der Waals surface area contributed by atoms with Gasteiger partial charge in [-0.25, -0.2) is 0 Å². The molecule has 0 radical (unpaired) electrons. The molecule has 0 aliphatic heterocycles. The van der Waals surface area contributed by atoms with Crippen molar-refractivity contribution in [2.75, 3.05) is 0 Å². The summed E-state index contributed by atoms with van der Waals surface area (Å²) in [5.41, 5.74) is 4.61. The summed E-state index contributed by atoms with van der Waals surface area (Å²) in [5.74, 6) is 0. The molecule has 0 saturated carbocycles. The van der Waals surface area contributed by atoms with Gasteiger partial charge in [0.05, 0.1) is 0 Å². The van der Waals surface area contributed by atoms with E-state index in [1.165, 1.54) is 6.20 Å². The second-order valence-corrected chi connectivity index (χ2v) is 0.236. The van der Waals surface area contributed by atoms with E-state index in [1.54, 1.807) is 0 Å². The summed E-state index contributed by atoms with van der Waals surface area (Å²) in [6, 6.07) is 0. The smallest absolute Gasteiger partial charge is 1.00 e. The molecular weight excluding hydrogens is 78.1 g/mol. The summed E-state index contributed by atoms with van der Waals surface area (Å²) in [6.45, 7) is 3.14. The second-order valence-electron chi connectivity index (χ2n) is 0.236. The van der Waals surface area contributed by atoms with Gasteiger partial charge in [0.2, 0.25) is 0 Å². The van der Waals surface area contributed by atoms with Crippen molar-refractivity contribution in [1.29, 1.82) is 0 Å². The fraction of sp³-hybridized carbons (Fsp3) is 0. The molecule has 0 unspecified atom stereocenters. The van der Waals surface area contributed by atoms with Crippen LogP contribution in [-0.4, -0.2) is 37.7 Å². The number of hydrogen-bond donors (Lipinski definition) is 1. The van der Waals surface area contributed by atoms with Crippen LogP contribution in [0.15, 0.2) is 12.8 Å². The average Bonchev–Trinajstić information content (AvgIpc) is 0.918. The molecule has 0 aliphatic rings. The van der Waals surface area contributed by atoms with Gasteiger partial charge in [-0.15, -0.1) is 0 Å². The van der Waals surface area contributed by atoms with E-state index in [0.29, 0.717) is 0 Å². The van der Waals surface area contributed by atoms with Gasteiger partial charge in [0.1, 0.15) is 0 Å². The van der Waals surface area contributed by atoms with Crippen LogP contribution < -0.4 is 5.73 Å². The normalized spacial score (nSPS) is 3.00. The minimum Gasteiger partial charge on any atom is -1.00 e. The van der Waals surface area contributed by atoms with Crippen molar-refractivity contribution in [3.8, 4) is 0 Å². The van der Waals surface area contributed by atoms with Crippen LogP contribution in [0.3, 0.4) is 0 Å². The first kappa shape index (κ1) is 8.84. The van der Waals surface area contributed by atoms with Crippen LogP contribution in [0.2, 0.25) is 0 Å². The van der Waals surface area contributed by atoms with Crippen molar-refractivity contribution in [3.05, 3.63) is 12.8 Å². The van der Waals surface area contributed by atoms with Crippen LogP contribution in [0.25, 0.3) is 0 Å². The van der Waals surface area contributed by atoms with Crippen molar-refractivity contribution in [2.24, 2.45) is 5.73 Å². The van der Waals surface area contributed by atoms with E-state index in [1.807, 2.05) is 0 Å². The van der Waals surface area contributed by atoms with Gasteiger partial charge < -0.3 is 8.59 Å². The SMILES string of the molecule is C=CN.[Ca+2].[H-].[H-]. The standard InChI is InChI=1S/C2H5N.Ca.2H/c1-2-3;;;/h2H,1,3H2;;;/q;+2;2*-1. The Morgan fingerprint density at radius 2 is 2.00 bits per heavy atom. The first-order chi connectivity index (χ1) is 1.41. The number of nitrogens with two attached hydrogens (primary N) is 1. The predicted molar refractivity (Wildman–Crippen MR) is 22.4 cm³/mol. The third-order valence-corrected chi connectivity index (χ3v) is 0. The average molecular weight is 85.2 g/mol. The third kappa shape index (κ3) is 14.2. The molecule has 0 bridgehead atoms. The predicted octanol–water partition coefficient (Wildman–Crippen LogP) is -0.0672. The van der Waals surface area contributed by atoms with E-state index in [9.17, 15) is 0 Å². The monoisotopic (exact) mass is 85.0 g/mol. The molecular formula is C2H7CaN. The minimum absolute atomic E-state index is 0. The van der Waals surface area contributed by atoms with Crippen LogP contribution in [0.4, 0.5) is 0 Å². The first-order valence-corrected chi connectivity index (χ1v) is 0.742. The van der Waals surface area contributed by atoms with E-state index in [4.69, 9.17) is 0 Å². The Balaban J connectivity index is -0.00000000667. The van der Waals surface area contributed by atoms with Crippen molar-refractivity contribution in [3.63, 3.8) is 0 Å². The summed E-state index contributed by atoms with van der Waals surface area (Å²) in [4.78, 5) is 0. The summed E-state index contributed by atoms with van der Waals surface area (Å²) < 4.78 is 0. The number of hydrogen-bond acceptors (Lipinski definition) is 1. The van der Waals surface area contributed by atoms with E-state index < -0.39 is 0 Å². The van der Waals surface area contributed by atoms with Gasteiger partial charge in [-0.2, -0.15) is 0 Å². The van der Waals surface area contributed by atoms with Crippen molar-refractivity contribution in [2.45, 2.75) is 0 Å². The molecule has 0 aromatic rings. The second kappa shape index (κ2) is 9.20. The summed E-state index contributed by atoms with van der Waals surface area (Å²) in [6.07, 6.45) is 1.25. The first-order valence-electron chi connectivity index (χ1n) is 0.742. The van der Waals surface area contributed by atoms with E-state index in [-0.39, 0.29) is 40.6 Å². The summed E-state index contributed by atoms with van der Waals surface area (Å²) in [7, 11) is 0. The van der Waals surface area contributed by atoms with E-state index in [0.717, 1.165) is 0 Å². The Morgan fingerprint density at radius 1 is 2.00 bits per heavy atom. The zero-order valence-electron chi connectivity index (χ0n) is 4.57. The van der Waals surface area contributed by atoms with E-state index >= 15 is 0 Å². The molecule has 0 spiro atoms. The molecule has 0 aromatic carbocycles. The Morgan fingerprint density at radius 3 is 2.00 bits per heavy atom. The minimum atomic E-state index is 0. The molecule has 2 heteroatoms. The molecule has 0 atom stereocenters. The molecule has 1 nitrogen and oxygen atoms in total. The largest absolute Gasteiger partial charge is 2.00 e. The van der Waals surface area contributed by atoms with Gasteiger partial charge >= 0.3 is 37.7 Å². The van der Waals surface area contributed by atoms with Crippen molar-refractivity contribution < 1.29 is 2.85 Å². The Bertz CT molecular complexity index is 19.0. The molecule has 0 aliphatic carbocycles. The van der Waals surface area contributed by atoms with Crippen LogP contribution in [-0.2, 0) is 0 Å². The van der Waals surface area contributed by atoms with E-state index in [2.05, 4.69) is 12.3 Å².